The van der Waals surface area contributed by atoms with E-state index in [9.17, 15) is 8.42 Å². The van der Waals surface area contributed by atoms with Crippen molar-refractivity contribution in [1.82, 2.24) is 0 Å². The number of aryl methyl sites for hydroxylation is 2. The van der Waals surface area contributed by atoms with E-state index in [0.29, 0.717) is 11.4 Å². The molecule has 2 aromatic rings. The minimum absolute atomic E-state index is 0.0864. The lowest BCUT2D eigenvalue weighted by Gasteiger charge is -2.11. The van der Waals surface area contributed by atoms with Gasteiger partial charge in [-0.15, -0.1) is 0 Å². The van der Waals surface area contributed by atoms with Crippen molar-refractivity contribution >= 4 is 15.7 Å². The van der Waals surface area contributed by atoms with E-state index < -0.39 is 10.0 Å². The van der Waals surface area contributed by atoms with Crippen LogP contribution in [0.3, 0.4) is 0 Å². The van der Waals surface area contributed by atoms with Crippen molar-refractivity contribution in [2.75, 3.05) is 17.1 Å². The average molecular weight is 319 g/mol. The van der Waals surface area contributed by atoms with E-state index in [-0.39, 0.29) is 12.4 Å². The van der Waals surface area contributed by atoms with Crippen molar-refractivity contribution in [2.24, 2.45) is 0 Å². The highest BCUT2D eigenvalue weighted by molar-refractivity contribution is 7.92. The van der Waals surface area contributed by atoms with Crippen molar-refractivity contribution in [1.29, 1.82) is 0 Å². The maximum atomic E-state index is 12.1. The van der Waals surface area contributed by atoms with Crippen LogP contribution in [0.5, 0.6) is 5.75 Å². The molecule has 0 saturated heterocycles. The second-order valence-corrected chi connectivity index (χ2v) is 6.92. The summed E-state index contributed by atoms with van der Waals surface area (Å²) in [7, 11) is -3.42. The molecule has 0 spiro atoms. The van der Waals surface area contributed by atoms with E-state index in [2.05, 4.69) is 11.6 Å². The number of benzene rings is 2. The zero-order valence-corrected chi connectivity index (χ0v) is 13.7. The van der Waals surface area contributed by atoms with Crippen LogP contribution in [0.25, 0.3) is 0 Å². The molecule has 0 atom stereocenters. The summed E-state index contributed by atoms with van der Waals surface area (Å²) < 4.78 is 32.2. The predicted molar refractivity (Wildman–Crippen MR) is 89.9 cm³/mol. The molecule has 2 aromatic carbocycles. The molecule has 4 nitrogen and oxygen atoms in total. The van der Waals surface area contributed by atoms with E-state index in [0.717, 1.165) is 12.0 Å². The molecular weight excluding hydrogens is 298 g/mol. The molecule has 0 unspecified atom stereocenters. The van der Waals surface area contributed by atoms with Gasteiger partial charge in [0.15, 0.2) is 0 Å². The first-order valence-electron chi connectivity index (χ1n) is 7.28. The van der Waals surface area contributed by atoms with Crippen LogP contribution < -0.4 is 9.46 Å². The highest BCUT2D eigenvalue weighted by Gasteiger charge is 2.11. The standard InChI is InChI=1S/C17H21NO3S/c1-3-15-8-10-16(11-9-15)21-12-13-22(19,20)18-17-7-5-4-6-14(17)2/h4-11,18H,3,12-13H2,1-2H3. The molecule has 5 heteroatoms. The molecule has 0 heterocycles. The van der Waals surface area contributed by atoms with Crippen LogP contribution in [0.15, 0.2) is 48.5 Å². The molecule has 0 aromatic heterocycles. The second-order valence-electron chi connectivity index (χ2n) is 5.08. The molecule has 118 valence electrons. The molecule has 0 amide bonds. The third-order valence-corrected chi connectivity index (χ3v) is 4.60. The lowest BCUT2D eigenvalue weighted by molar-refractivity contribution is 0.341. The van der Waals surface area contributed by atoms with Crippen molar-refractivity contribution in [3.63, 3.8) is 0 Å². The molecule has 0 radical (unpaired) electrons. The normalized spacial score (nSPS) is 11.2. The van der Waals surface area contributed by atoms with Gasteiger partial charge >= 0.3 is 0 Å². The minimum atomic E-state index is -3.42. The van der Waals surface area contributed by atoms with Crippen LogP contribution in [0.2, 0.25) is 0 Å². The molecule has 0 fully saturated rings. The number of para-hydroxylation sites is 1. The van der Waals surface area contributed by atoms with Gasteiger partial charge in [0, 0.05) is 0 Å². The summed E-state index contributed by atoms with van der Waals surface area (Å²) in [4.78, 5) is 0. The first kappa shape index (κ1) is 16.4. The summed E-state index contributed by atoms with van der Waals surface area (Å²) in [5, 5.41) is 0. The number of hydrogen-bond acceptors (Lipinski definition) is 3. The molecule has 0 aliphatic heterocycles. The molecule has 0 saturated carbocycles. The van der Waals surface area contributed by atoms with E-state index in [1.165, 1.54) is 5.56 Å². The zero-order chi connectivity index (χ0) is 16.0. The number of hydrogen-bond donors (Lipinski definition) is 1. The fraction of sp³-hybridized carbons (Fsp3) is 0.294. The smallest absolute Gasteiger partial charge is 0.236 e. The lowest BCUT2D eigenvalue weighted by atomic mass is 10.2. The van der Waals surface area contributed by atoms with Gasteiger partial charge in [0.05, 0.1) is 5.69 Å². The molecule has 2 rings (SSSR count). The summed E-state index contributed by atoms with van der Waals surface area (Å²) in [5.41, 5.74) is 2.72. The Kier molecular flexibility index (Phi) is 5.44. The van der Waals surface area contributed by atoms with E-state index in [1.807, 2.05) is 43.3 Å². The van der Waals surface area contributed by atoms with Crippen molar-refractivity contribution in [2.45, 2.75) is 20.3 Å². The Hall–Kier alpha value is -2.01. The van der Waals surface area contributed by atoms with E-state index in [1.54, 1.807) is 12.1 Å². The van der Waals surface area contributed by atoms with Gasteiger partial charge in [0.2, 0.25) is 10.0 Å². The van der Waals surface area contributed by atoms with Gasteiger partial charge in [-0.3, -0.25) is 4.72 Å². The van der Waals surface area contributed by atoms with Crippen LogP contribution in [0, 0.1) is 6.92 Å². The molecule has 1 N–H and O–H groups in total. The zero-order valence-electron chi connectivity index (χ0n) is 12.9. The second kappa shape index (κ2) is 7.31. The maximum absolute atomic E-state index is 12.1. The molecule has 0 aliphatic carbocycles. The summed E-state index contributed by atoms with van der Waals surface area (Å²) in [6.07, 6.45) is 0.967. The summed E-state index contributed by atoms with van der Waals surface area (Å²) >= 11 is 0. The highest BCUT2D eigenvalue weighted by Crippen LogP contribution is 2.16. The quantitative estimate of drug-likeness (QED) is 0.851. The summed E-state index contributed by atoms with van der Waals surface area (Å²) in [6.45, 7) is 4.07. The van der Waals surface area contributed by atoms with Crippen LogP contribution in [-0.2, 0) is 16.4 Å². The number of ether oxygens (including phenoxy) is 1. The topological polar surface area (TPSA) is 55.4 Å². The van der Waals surface area contributed by atoms with Gasteiger partial charge in [-0.05, 0) is 42.7 Å². The van der Waals surface area contributed by atoms with Crippen molar-refractivity contribution in [3.8, 4) is 5.75 Å². The van der Waals surface area contributed by atoms with Crippen molar-refractivity contribution < 1.29 is 13.2 Å². The van der Waals surface area contributed by atoms with Gasteiger partial charge in [0.1, 0.15) is 18.1 Å². The Labute approximate surface area is 132 Å². The van der Waals surface area contributed by atoms with Gasteiger partial charge in [-0.25, -0.2) is 8.42 Å². The Balaban J connectivity index is 1.88. The summed E-state index contributed by atoms with van der Waals surface area (Å²) in [5.74, 6) is 0.597. The van der Waals surface area contributed by atoms with Gasteiger partial charge < -0.3 is 4.74 Å². The van der Waals surface area contributed by atoms with Crippen LogP contribution >= 0.6 is 0 Å². The molecular formula is C17H21NO3S. The monoisotopic (exact) mass is 319 g/mol. The molecule has 22 heavy (non-hydrogen) atoms. The number of sulfonamides is 1. The molecule has 0 aliphatic rings. The van der Waals surface area contributed by atoms with Crippen LogP contribution in [0.1, 0.15) is 18.1 Å². The van der Waals surface area contributed by atoms with Crippen molar-refractivity contribution in [3.05, 3.63) is 59.7 Å². The summed E-state index contributed by atoms with van der Waals surface area (Å²) in [6, 6.07) is 15.0. The minimum Gasteiger partial charge on any atom is -0.492 e. The highest BCUT2D eigenvalue weighted by atomic mass is 32.2. The third kappa shape index (κ3) is 4.77. The largest absolute Gasteiger partial charge is 0.492 e. The first-order chi connectivity index (χ1) is 10.5. The Morgan fingerprint density at radius 1 is 1.05 bits per heavy atom. The number of rotatable bonds is 7. The van der Waals surface area contributed by atoms with E-state index in [4.69, 9.17) is 4.74 Å². The number of nitrogens with one attached hydrogen (secondary N) is 1. The lowest BCUT2D eigenvalue weighted by Crippen LogP contribution is -2.21. The third-order valence-electron chi connectivity index (χ3n) is 3.36. The first-order valence-corrected chi connectivity index (χ1v) is 8.93. The Morgan fingerprint density at radius 3 is 2.36 bits per heavy atom. The van der Waals surface area contributed by atoms with Crippen LogP contribution in [0.4, 0.5) is 5.69 Å². The fourth-order valence-corrected chi connectivity index (χ4v) is 2.97. The maximum Gasteiger partial charge on any atom is 0.236 e. The van der Waals surface area contributed by atoms with Gasteiger partial charge in [-0.1, -0.05) is 37.3 Å². The Morgan fingerprint density at radius 2 is 1.73 bits per heavy atom. The Bertz CT molecular complexity index is 709. The predicted octanol–water partition coefficient (Wildman–Crippen LogP) is 3.38. The van der Waals surface area contributed by atoms with Crippen LogP contribution in [-0.4, -0.2) is 20.8 Å². The molecule has 0 bridgehead atoms. The van der Waals surface area contributed by atoms with Gasteiger partial charge in [-0.2, -0.15) is 0 Å². The number of anilines is 1. The van der Waals surface area contributed by atoms with E-state index >= 15 is 0 Å². The average Bonchev–Trinajstić information content (AvgIpc) is 2.50. The SMILES string of the molecule is CCc1ccc(OCCS(=O)(=O)Nc2ccccc2C)cc1. The van der Waals surface area contributed by atoms with Gasteiger partial charge in [0.25, 0.3) is 0 Å². The fourth-order valence-electron chi connectivity index (χ4n) is 2.00.